The zero-order valence-electron chi connectivity index (χ0n) is 22.3. The van der Waals surface area contributed by atoms with Gasteiger partial charge in [0.05, 0.1) is 22.6 Å². The van der Waals surface area contributed by atoms with Crippen LogP contribution in [0.2, 0.25) is 0 Å². The minimum Gasteiger partial charge on any atom is -0.367 e. The highest BCUT2D eigenvalue weighted by molar-refractivity contribution is 5.98. The number of aromatic nitrogens is 3. The Morgan fingerprint density at radius 2 is 1.46 bits per heavy atom. The Balaban J connectivity index is 1.31. The third-order valence-electron chi connectivity index (χ3n) is 7.82. The quantitative estimate of drug-likeness (QED) is 0.249. The van der Waals surface area contributed by atoms with Crippen molar-refractivity contribution in [3.63, 3.8) is 0 Å². The average molecular weight is 527 g/mol. The highest BCUT2D eigenvalue weighted by atomic mass is 15.1. The van der Waals surface area contributed by atoms with E-state index in [-0.39, 0.29) is 0 Å². The lowest BCUT2D eigenvalue weighted by atomic mass is 9.99. The van der Waals surface area contributed by atoms with Crippen LogP contribution in [0.15, 0.2) is 134 Å². The number of benzene rings is 4. The largest absolute Gasteiger partial charge is 0.367 e. The van der Waals surface area contributed by atoms with Crippen molar-refractivity contribution in [2.75, 3.05) is 11.9 Å². The lowest BCUT2D eigenvalue weighted by molar-refractivity contribution is 1.09. The van der Waals surface area contributed by atoms with Crippen molar-refractivity contribution in [1.29, 1.82) is 0 Å². The summed E-state index contributed by atoms with van der Waals surface area (Å²) < 4.78 is 2.34. The van der Waals surface area contributed by atoms with Crippen LogP contribution in [0, 0.1) is 0 Å². The van der Waals surface area contributed by atoms with E-state index in [1.54, 1.807) is 0 Å². The Hall–Kier alpha value is -5.48. The van der Waals surface area contributed by atoms with E-state index in [1.165, 1.54) is 27.2 Å². The summed E-state index contributed by atoms with van der Waals surface area (Å²) in [5, 5.41) is 7.28. The molecule has 0 saturated carbocycles. The fourth-order valence-electron chi connectivity index (χ4n) is 5.87. The molecule has 0 aliphatic carbocycles. The van der Waals surface area contributed by atoms with Crippen molar-refractivity contribution in [2.45, 2.75) is 0 Å². The van der Waals surface area contributed by atoms with Gasteiger partial charge in [0.2, 0.25) is 0 Å². The fourth-order valence-corrected chi connectivity index (χ4v) is 5.87. The SMILES string of the molecule is C1=Cc2c(n(-c3cccc(-c4cc(-c5ccc6ccccc6c5)nc(-c5ccccn5)c4)c3)c3ccccc23)NC1. The van der Waals surface area contributed by atoms with Gasteiger partial charge in [-0.15, -0.1) is 0 Å². The van der Waals surface area contributed by atoms with Gasteiger partial charge in [0.1, 0.15) is 5.82 Å². The molecule has 4 aromatic carbocycles. The van der Waals surface area contributed by atoms with E-state index in [2.05, 4.69) is 130 Å². The lowest BCUT2D eigenvalue weighted by Gasteiger charge is -2.16. The Morgan fingerprint density at radius 3 is 2.39 bits per heavy atom. The summed E-state index contributed by atoms with van der Waals surface area (Å²) in [6.07, 6.45) is 6.23. The Labute approximate surface area is 238 Å². The van der Waals surface area contributed by atoms with Crippen LogP contribution in [0.1, 0.15) is 5.56 Å². The van der Waals surface area contributed by atoms with Gasteiger partial charge >= 0.3 is 0 Å². The summed E-state index contributed by atoms with van der Waals surface area (Å²) in [6, 6.07) is 42.7. The van der Waals surface area contributed by atoms with Gasteiger partial charge in [-0.05, 0) is 70.4 Å². The molecule has 4 heterocycles. The Bertz CT molecular complexity index is 2100. The van der Waals surface area contributed by atoms with Gasteiger partial charge < -0.3 is 5.32 Å². The molecule has 1 aliphatic heterocycles. The molecule has 8 rings (SSSR count). The van der Waals surface area contributed by atoms with Crippen LogP contribution in [0.3, 0.4) is 0 Å². The molecule has 0 bridgehead atoms. The summed E-state index contributed by atoms with van der Waals surface area (Å²) in [6.45, 7) is 0.815. The second-order valence-corrected chi connectivity index (χ2v) is 10.4. The monoisotopic (exact) mass is 526 g/mol. The third-order valence-corrected chi connectivity index (χ3v) is 7.82. The Morgan fingerprint density at radius 1 is 0.610 bits per heavy atom. The van der Waals surface area contributed by atoms with Gasteiger partial charge in [0, 0.05) is 34.9 Å². The molecule has 0 saturated heterocycles. The van der Waals surface area contributed by atoms with Gasteiger partial charge in [-0.3, -0.25) is 9.55 Å². The number of nitrogens with zero attached hydrogens (tertiary/aromatic N) is 3. The van der Waals surface area contributed by atoms with Gasteiger partial charge in [-0.25, -0.2) is 4.98 Å². The standard InChI is InChI=1S/C37H26N4/c1-2-10-26-21-28(18-17-25(26)9-1)34-23-29(24-35(40-34)33-15-5-6-19-38-33)27-11-7-12-30(22-27)41-36-16-4-3-13-31(36)32-14-8-20-39-37(32)41/h1-19,21-24,39H,20H2. The molecule has 0 radical (unpaired) electrons. The van der Waals surface area contributed by atoms with Crippen LogP contribution >= 0.6 is 0 Å². The van der Waals surface area contributed by atoms with Crippen LogP contribution in [0.25, 0.3) is 67.2 Å². The van der Waals surface area contributed by atoms with E-state index in [9.17, 15) is 0 Å². The number of anilines is 1. The first-order valence-corrected chi connectivity index (χ1v) is 13.9. The van der Waals surface area contributed by atoms with Crippen molar-refractivity contribution in [2.24, 2.45) is 0 Å². The van der Waals surface area contributed by atoms with Crippen molar-refractivity contribution in [1.82, 2.24) is 14.5 Å². The molecular weight excluding hydrogens is 500 g/mol. The molecule has 1 aliphatic rings. The summed E-state index contributed by atoms with van der Waals surface area (Å²) in [5.74, 6) is 1.13. The van der Waals surface area contributed by atoms with Gasteiger partial charge in [-0.1, -0.05) is 84.9 Å². The summed E-state index contributed by atoms with van der Waals surface area (Å²) in [4.78, 5) is 9.72. The first-order chi connectivity index (χ1) is 20.3. The zero-order chi connectivity index (χ0) is 27.2. The van der Waals surface area contributed by atoms with Gasteiger partial charge in [-0.2, -0.15) is 0 Å². The molecule has 0 spiro atoms. The molecule has 1 N–H and O–H groups in total. The number of fused-ring (bicyclic) bond motifs is 4. The topological polar surface area (TPSA) is 42.7 Å². The van der Waals surface area contributed by atoms with E-state index in [0.717, 1.165) is 51.8 Å². The van der Waals surface area contributed by atoms with Gasteiger partial charge in [0.15, 0.2) is 0 Å². The molecule has 4 nitrogen and oxygen atoms in total. The predicted octanol–water partition coefficient (Wildman–Crippen LogP) is 9.01. The first kappa shape index (κ1) is 23.4. The zero-order valence-corrected chi connectivity index (χ0v) is 22.3. The van der Waals surface area contributed by atoms with Crippen LogP contribution < -0.4 is 5.32 Å². The lowest BCUT2D eigenvalue weighted by Crippen LogP contribution is -2.08. The van der Waals surface area contributed by atoms with E-state index < -0.39 is 0 Å². The molecule has 7 aromatic rings. The molecule has 0 fully saturated rings. The minimum absolute atomic E-state index is 0.815. The number of nitrogens with one attached hydrogen (secondary N) is 1. The molecular formula is C37H26N4. The van der Waals surface area contributed by atoms with Crippen molar-refractivity contribution >= 4 is 33.6 Å². The number of pyridine rings is 2. The maximum atomic E-state index is 5.09. The molecule has 0 atom stereocenters. The molecule has 3 aromatic heterocycles. The minimum atomic E-state index is 0.815. The average Bonchev–Trinajstić information content (AvgIpc) is 3.39. The highest BCUT2D eigenvalue weighted by Gasteiger charge is 2.19. The van der Waals surface area contributed by atoms with Crippen molar-refractivity contribution < 1.29 is 0 Å². The van der Waals surface area contributed by atoms with Crippen LogP contribution in [0.5, 0.6) is 0 Å². The number of hydrogen-bond acceptors (Lipinski definition) is 3. The van der Waals surface area contributed by atoms with E-state index in [1.807, 2.05) is 24.4 Å². The van der Waals surface area contributed by atoms with Crippen molar-refractivity contribution in [3.8, 4) is 39.5 Å². The molecule has 4 heteroatoms. The molecule has 0 amide bonds. The van der Waals surface area contributed by atoms with Gasteiger partial charge in [0.25, 0.3) is 0 Å². The number of rotatable bonds is 4. The highest BCUT2D eigenvalue weighted by Crippen LogP contribution is 2.37. The smallest absolute Gasteiger partial charge is 0.119 e. The molecule has 0 unspecified atom stereocenters. The second kappa shape index (κ2) is 9.61. The molecule has 194 valence electrons. The summed E-state index contributed by atoms with van der Waals surface area (Å²) in [5.41, 5.74) is 9.49. The second-order valence-electron chi connectivity index (χ2n) is 10.4. The maximum absolute atomic E-state index is 5.09. The number of para-hydroxylation sites is 1. The normalized spacial score (nSPS) is 12.4. The predicted molar refractivity (Wildman–Crippen MR) is 170 cm³/mol. The van der Waals surface area contributed by atoms with Crippen molar-refractivity contribution in [3.05, 3.63) is 139 Å². The first-order valence-electron chi connectivity index (χ1n) is 13.9. The Kier molecular flexibility index (Phi) is 5.49. The molecule has 41 heavy (non-hydrogen) atoms. The fraction of sp³-hybridized carbons (Fsp3) is 0.0270. The maximum Gasteiger partial charge on any atom is 0.119 e. The van der Waals surface area contributed by atoms with E-state index in [0.29, 0.717) is 0 Å². The summed E-state index contributed by atoms with van der Waals surface area (Å²) >= 11 is 0. The van der Waals surface area contributed by atoms with Crippen LogP contribution in [0.4, 0.5) is 5.82 Å². The van der Waals surface area contributed by atoms with E-state index >= 15 is 0 Å². The third kappa shape index (κ3) is 4.09. The van der Waals surface area contributed by atoms with E-state index in [4.69, 9.17) is 4.98 Å². The van der Waals surface area contributed by atoms with Crippen LogP contribution in [-0.4, -0.2) is 21.1 Å². The summed E-state index contributed by atoms with van der Waals surface area (Å²) in [7, 11) is 0. The van der Waals surface area contributed by atoms with Crippen LogP contribution in [-0.2, 0) is 0 Å². The number of hydrogen-bond donors (Lipinski definition) is 1.